The summed E-state index contributed by atoms with van der Waals surface area (Å²) in [4.78, 5) is 22.1. The van der Waals surface area contributed by atoms with E-state index in [1.807, 2.05) is 0 Å². The molecule has 1 aromatic heterocycles. The number of anilines is 1. The molecule has 1 aromatic carbocycles. The second-order valence-electron chi connectivity index (χ2n) is 3.29. The van der Waals surface area contributed by atoms with Gasteiger partial charge in [-0.25, -0.2) is 4.79 Å². The maximum Gasteiger partial charge on any atom is 0.379 e. The number of carbonyl (C=O) groups is 1. The van der Waals surface area contributed by atoms with Crippen molar-refractivity contribution in [2.45, 2.75) is 6.92 Å². The van der Waals surface area contributed by atoms with Gasteiger partial charge in [-0.05, 0) is 18.2 Å². The lowest BCUT2D eigenvalue weighted by atomic mass is 10.2. The van der Waals surface area contributed by atoms with Crippen LogP contribution in [0.2, 0.25) is 0 Å². The van der Waals surface area contributed by atoms with Crippen LogP contribution in [-0.2, 0) is 4.79 Å². The van der Waals surface area contributed by atoms with E-state index in [0.717, 1.165) is 0 Å². The third-order valence-electron chi connectivity index (χ3n) is 1.98. The van der Waals surface area contributed by atoms with Crippen molar-refractivity contribution >= 4 is 22.6 Å². The number of esters is 1. The largest absolute Gasteiger partial charge is 0.420 e. The monoisotopic (exact) mass is 219 g/mol. The third-order valence-corrected chi connectivity index (χ3v) is 1.98. The number of hydrogen-bond donors (Lipinski definition) is 1. The number of nitrogens with two attached hydrogens (primary N) is 1. The molecule has 0 unspecified atom stereocenters. The molecule has 0 atom stereocenters. The zero-order valence-corrected chi connectivity index (χ0v) is 8.52. The zero-order chi connectivity index (χ0) is 11.7. The van der Waals surface area contributed by atoms with Crippen molar-refractivity contribution in [1.82, 2.24) is 0 Å². The van der Waals surface area contributed by atoms with E-state index < -0.39 is 11.6 Å². The molecular formula is C11H9NO4. The minimum absolute atomic E-state index is 0.121. The second-order valence-corrected chi connectivity index (χ2v) is 3.29. The molecule has 2 N–H and O–H groups in total. The normalized spacial score (nSPS) is 10.3. The molecule has 0 aliphatic heterocycles. The van der Waals surface area contributed by atoms with E-state index in [2.05, 4.69) is 0 Å². The first-order valence-corrected chi connectivity index (χ1v) is 4.58. The van der Waals surface area contributed by atoms with E-state index in [-0.39, 0.29) is 5.75 Å². The highest BCUT2D eigenvalue weighted by Crippen LogP contribution is 2.19. The minimum Gasteiger partial charge on any atom is -0.420 e. The van der Waals surface area contributed by atoms with E-state index in [4.69, 9.17) is 14.9 Å². The molecule has 0 saturated carbocycles. The van der Waals surface area contributed by atoms with Gasteiger partial charge < -0.3 is 14.9 Å². The highest BCUT2D eigenvalue weighted by atomic mass is 16.5. The Morgan fingerprint density at radius 1 is 1.38 bits per heavy atom. The zero-order valence-electron chi connectivity index (χ0n) is 8.52. The second kappa shape index (κ2) is 3.69. The molecule has 0 aliphatic rings. The summed E-state index contributed by atoms with van der Waals surface area (Å²) in [6, 6.07) is 6.33. The number of hydrogen-bond acceptors (Lipinski definition) is 5. The van der Waals surface area contributed by atoms with Gasteiger partial charge in [-0.1, -0.05) is 0 Å². The van der Waals surface area contributed by atoms with Crippen LogP contribution in [-0.4, -0.2) is 5.97 Å². The van der Waals surface area contributed by atoms with Gasteiger partial charge in [0.05, 0.1) is 0 Å². The Hall–Kier alpha value is -2.30. The van der Waals surface area contributed by atoms with Gasteiger partial charge in [-0.3, -0.25) is 4.79 Å². The van der Waals surface area contributed by atoms with Crippen molar-refractivity contribution in [3.63, 3.8) is 0 Å². The van der Waals surface area contributed by atoms with Gasteiger partial charge in [0.1, 0.15) is 5.58 Å². The van der Waals surface area contributed by atoms with E-state index in [1.54, 1.807) is 12.1 Å². The quantitative estimate of drug-likeness (QED) is 0.444. The van der Waals surface area contributed by atoms with Crippen molar-refractivity contribution in [3.8, 4) is 5.75 Å². The molecule has 0 amide bonds. The van der Waals surface area contributed by atoms with Gasteiger partial charge in [0.15, 0.2) is 0 Å². The van der Waals surface area contributed by atoms with Gasteiger partial charge in [0, 0.05) is 24.1 Å². The predicted molar refractivity (Wildman–Crippen MR) is 58.2 cm³/mol. The Morgan fingerprint density at radius 3 is 2.81 bits per heavy atom. The molecule has 0 spiro atoms. The Kier molecular flexibility index (Phi) is 2.36. The van der Waals surface area contributed by atoms with Gasteiger partial charge in [0.25, 0.3) is 0 Å². The predicted octanol–water partition coefficient (Wildman–Crippen LogP) is 1.30. The first-order valence-electron chi connectivity index (χ1n) is 4.58. The highest BCUT2D eigenvalue weighted by Gasteiger charge is 2.08. The lowest BCUT2D eigenvalue weighted by molar-refractivity contribution is -0.132. The molecule has 0 saturated heterocycles. The average molecular weight is 219 g/mol. The number of rotatable bonds is 1. The summed E-state index contributed by atoms with van der Waals surface area (Å²) in [5.74, 6) is -0.688. The first kappa shape index (κ1) is 10.2. The number of nitrogen functional groups attached to an aromatic ring is 1. The number of ether oxygens (including phenoxy) is 1. The lowest BCUT2D eigenvalue weighted by Gasteiger charge is -2.02. The van der Waals surface area contributed by atoms with Gasteiger partial charge >= 0.3 is 11.6 Å². The van der Waals surface area contributed by atoms with Crippen LogP contribution in [0.15, 0.2) is 33.5 Å². The Bertz CT molecular complexity index is 615. The maximum absolute atomic E-state index is 11.4. The van der Waals surface area contributed by atoms with Crippen LogP contribution < -0.4 is 16.1 Å². The minimum atomic E-state index is -0.701. The SMILES string of the molecule is CC(=O)Oc1cc2ccc(N)cc2oc1=O. The van der Waals surface area contributed by atoms with Crippen LogP contribution >= 0.6 is 0 Å². The van der Waals surface area contributed by atoms with Crippen molar-refractivity contribution in [1.29, 1.82) is 0 Å². The molecule has 16 heavy (non-hydrogen) atoms. The highest BCUT2D eigenvalue weighted by molar-refractivity contribution is 5.81. The summed E-state index contributed by atoms with van der Waals surface area (Å²) in [6.07, 6.45) is 0. The molecule has 2 rings (SSSR count). The standard InChI is InChI=1S/C11H9NO4/c1-6(13)15-10-4-7-2-3-8(12)5-9(7)16-11(10)14/h2-5H,12H2,1H3. The summed E-state index contributed by atoms with van der Waals surface area (Å²) in [6.45, 7) is 1.21. The summed E-state index contributed by atoms with van der Waals surface area (Å²) < 4.78 is 9.67. The fourth-order valence-electron chi connectivity index (χ4n) is 1.33. The van der Waals surface area contributed by atoms with Crippen LogP contribution in [0, 0.1) is 0 Å². The summed E-state index contributed by atoms with van der Waals surface area (Å²) in [7, 11) is 0. The number of benzene rings is 1. The molecule has 0 radical (unpaired) electrons. The number of fused-ring (bicyclic) bond motifs is 1. The van der Waals surface area contributed by atoms with E-state index in [1.165, 1.54) is 19.1 Å². The third kappa shape index (κ3) is 1.88. The Labute approximate surface area is 90.4 Å². The molecular weight excluding hydrogens is 210 g/mol. The number of carbonyl (C=O) groups excluding carboxylic acids is 1. The summed E-state index contributed by atoms with van der Waals surface area (Å²) in [5, 5.41) is 0.644. The molecule has 0 bridgehead atoms. The van der Waals surface area contributed by atoms with Crippen LogP contribution in [0.5, 0.6) is 5.75 Å². The fraction of sp³-hybridized carbons (Fsp3) is 0.0909. The molecule has 0 aliphatic carbocycles. The lowest BCUT2D eigenvalue weighted by Crippen LogP contribution is -2.10. The average Bonchev–Trinajstić information content (AvgIpc) is 2.19. The van der Waals surface area contributed by atoms with Crippen LogP contribution in [0.4, 0.5) is 5.69 Å². The topological polar surface area (TPSA) is 82.5 Å². The van der Waals surface area contributed by atoms with E-state index in [0.29, 0.717) is 16.7 Å². The van der Waals surface area contributed by atoms with Gasteiger partial charge in [0.2, 0.25) is 5.75 Å². The Balaban J connectivity index is 2.63. The molecule has 2 aromatic rings. The van der Waals surface area contributed by atoms with E-state index >= 15 is 0 Å². The van der Waals surface area contributed by atoms with Crippen molar-refractivity contribution in [2.75, 3.05) is 5.73 Å². The van der Waals surface area contributed by atoms with Crippen LogP contribution in [0.3, 0.4) is 0 Å². The molecule has 5 nitrogen and oxygen atoms in total. The summed E-state index contributed by atoms with van der Waals surface area (Å²) >= 11 is 0. The van der Waals surface area contributed by atoms with Crippen molar-refractivity contribution in [2.24, 2.45) is 0 Å². The molecule has 0 fully saturated rings. The smallest absolute Gasteiger partial charge is 0.379 e. The van der Waals surface area contributed by atoms with Crippen molar-refractivity contribution < 1.29 is 13.9 Å². The van der Waals surface area contributed by atoms with E-state index in [9.17, 15) is 9.59 Å². The Morgan fingerprint density at radius 2 is 2.12 bits per heavy atom. The van der Waals surface area contributed by atoms with Crippen molar-refractivity contribution in [3.05, 3.63) is 34.7 Å². The molecule has 5 heteroatoms. The van der Waals surface area contributed by atoms with Crippen LogP contribution in [0.25, 0.3) is 11.0 Å². The molecule has 1 heterocycles. The van der Waals surface area contributed by atoms with Crippen LogP contribution in [0.1, 0.15) is 6.92 Å². The fourth-order valence-corrected chi connectivity index (χ4v) is 1.33. The van der Waals surface area contributed by atoms with Gasteiger partial charge in [-0.15, -0.1) is 0 Å². The first-order chi connectivity index (χ1) is 7.56. The maximum atomic E-state index is 11.4. The molecule has 82 valence electrons. The van der Waals surface area contributed by atoms with Gasteiger partial charge in [-0.2, -0.15) is 0 Å². The summed E-state index contributed by atoms with van der Waals surface area (Å²) in [5.41, 5.74) is 5.70.